The predicted octanol–water partition coefficient (Wildman–Crippen LogP) is 1.75. The molecular weight excluding hydrogens is 338 g/mol. The van der Waals surface area contributed by atoms with Crippen molar-refractivity contribution in [2.75, 3.05) is 17.6 Å². The number of hydrogen-bond acceptors (Lipinski definition) is 4. The summed E-state index contributed by atoms with van der Waals surface area (Å²) in [7, 11) is 0. The molecule has 112 valence electrons. The van der Waals surface area contributed by atoms with Gasteiger partial charge in [0.05, 0.1) is 5.69 Å². The number of halogens is 1. The molecule has 1 aliphatic rings. The number of amides is 3. The van der Waals surface area contributed by atoms with Gasteiger partial charge in [0.2, 0.25) is 17.7 Å². The first-order valence-electron chi connectivity index (χ1n) is 6.55. The van der Waals surface area contributed by atoms with Crippen LogP contribution in [0, 0.1) is 5.92 Å². The standard InChI is InChI=1S/C14H16BrN3O3/c1-8-4-13(20)18(14(21)5-8)7-12(19)17-11-3-2-9(16)6-10(11)15/h2-3,6,8H,4-5,7,16H2,1H3,(H,17,19). The molecule has 3 N–H and O–H groups in total. The van der Waals surface area contributed by atoms with Crippen molar-refractivity contribution < 1.29 is 14.4 Å². The minimum absolute atomic E-state index is 0.0376. The zero-order valence-electron chi connectivity index (χ0n) is 11.6. The second kappa shape index (κ2) is 6.26. The van der Waals surface area contributed by atoms with E-state index in [9.17, 15) is 14.4 Å². The number of likely N-dealkylation sites (tertiary alicyclic amines) is 1. The van der Waals surface area contributed by atoms with Gasteiger partial charge < -0.3 is 11.1 Å². The molecule has 0 spiro atoms. The number of nitrogens with two attached hydrogens (primary N) is 1. The van der Waals surface area contributed by atoms with Gasteiger partial charge in [-0.15, -0.1) is 0 Å². The van der Waals surface area contributed by atoms with E-state index in [1.165, 1.54) is 0 Å². The van der Waals surface area contributed by atoms with Gasteiger partial charge in [0, 0.05) is 23.0 Å². The van der Waals surface area contributed by atoms with Gasteiger partial charge in [-0.05, 0) is 40.0 Å². The van der Waals surface area contributed by atoms with Gasteiger partial charge in [-0.1, -0.05) is 6.92 Å². The normalized spacial score (nSPS) is 16.2. The van der Waals surface area contributed by atoms with Crippen molar-refractivity contribution in [3.63, 3.8) is 0 Å². The Morgan fingerprint density at radius 2 is 2.00 bits per heavy atom. The molecule has 0 atom stereocenters. The Balaban J connectivity index is 2.01. The Kier molecular flexibility index (Phi) is 4.62. The summed E-state index contributed by atoms with van der Waals surface area (Å²) in [5, 5.41) is 2.65. The van der Waals surface area contributed by atoms with Crippen molar-refractivity contribution in [3.05, 3.63) is 22.7 Å². The van der Waals surface area contributed by atoms with Crippen LogP contribution in [0.15, 0.2) is 22.7 Å². The fourth-order valence-corrected chi connectivity index (χ4v) is 2.67. The Bertz CT molecular complexity index is 585. The second-order valence-corrected chi connectivity index (χ2v) is 6.03. The first kappa shape index (κ1) is 15.5. The highest BCUT2D eigenvalue weighted by Gasteiger charge is 2.31. The van der Waals surface area contributed by atoms with Crippen LogP contribution in [0.3, 0.4) is 0 Å². The average Bonchev–Trinajstić information content (AvgIpc) is 2.37. The number of benzene rings is 1. The lowest BCUT2D eigenvalue weighted by Crippen LogP contribution is -2.46. The number of hydrogen-bond donors (Lipinski definition) is 2. The van der Waals surface area contributed by atoms with Crippen molar-refractivity contribution in [3.8, 4) is 0 Å². The summed E-state index contributed by atoms with van der Waals surface area (Å²) in [4.78, 5) is 36.6. The molecule has 0 unspecified atom stereocenters. The highest BCUT2D eigenvalue weighted by atomic mass is 79.9. The second-order valence-electron chi connectivity index (χ2n) is 5.17. The zero-order valence-corrected chi connectivity index (χ0v) is 13.1. The third-order valence-electron chi connectivity index (χ3n) is 3.22. The van der Waals surface area contributed by atoms with E-state index in [0.29, 0.717) is 28.7 Å². The van der Waals surface area contributed by atoms with E-state index in [1.54, 1.807) is 18.2 Å². The van der Waals surface area contributed by atoms with E-state index >= 15 is 0 Å². The number of piperidine rings is 1. The maximum absolute atomic E-state index is 12.0. The maximum Gasteiger partial charge on any atom is 0.244 e. The molecule has 7 heteroatoms. The number of imide groups is 1. The first-order chi connectivity index (χ1) is 9.86. The van der Waals surface area contributed by atoms with Gasteiger partial charge in [-0.2, -0.15) is 0 Å². The lowest BCUT2D eigenvalue weighted by atomic mass is 9.98. The number of carbonyl (C=O) groups excluding carboxylic acids is 3. The number of anilines is 2. The van der Waals surface area contributed by atoms with Gasteiger partial charge in [-0.3, -0.25) is 19.3 Å². The first-order valence-corrected chi connectivity index (χ1v) is 7.34. The molecule has 0 saturated carbocycles. The molecule has 21 heavy (non-hydrogen) atoms. The largest absolute Gasteiger partial charge is 0.399 e. The summed E-state index contributed by atoms with van der Waals surface area (Å²) in [5.74, 6) is -0.983. The molecule has 1 saturated heterocycles. The Morgan fingerprint density at radius 1 is 1.38 bits per heavy atom. The topological polar surface area (TPSA) is 92.5 Å². The molecule has 0 aromatic heterocycles. The van der Waals surface area contributed by atoms with Crippen LogP contribution < -0.4 is 11.1 Å². The Labute approximate surface area is 130 Å². The number of carbonyl (C=O) groups is 3. The molecule has 1 aromatic carbocycles. The predicted molar refractivity (Wildman–Crippen MR) is 82.3 cm³/mol. The minimum atomic E-state index is -0.420. The van der Waals surface area contributed by atoms with Crippen LogP contribution >= 0.6 is 15.9 Å². The smallest absolute Gasteiger partial charge is 0.244 e. The quantitative estimate of drug-likeness (QED) is 0.639. The highest BCUT2D eigenvalue weighted by Crippen LogP contribution is 2.25. The molecule has 1 aliphatic heterocycles. The molecule has 0 radical (unpaired) electrons. The number of nitrogens with zero attached hydrogens (tertiary/aromatic N) is 1. The lowest BCUT2D eigenvalue weighted by molar-refractivity contribution is -0.151. The third-order valence-corrected chi connectivity index (χ3v) is 3.87. The van der Waals surface area contributed by atoms with Crippen molar-refractivity contribution in [1.29, 1.82) is 0 Å². The lowest BCUT2D eigenvalue weighted by Gasteiger charge is -2.27. The summed E-state index contributed by atoms with van der Waals surface area (Å²) >= 11 is 3.29. The Hall–Kier alpha value is -1.89. The molecule has 2 rings (SSSR count). The summed E-state index contributed by atoms with van der Waals surface area (Å²) < 4.78 is 0.640. The van der Waals surface area contributed by atoms with Gasteiger partial charge in [0.25, 0.3) is 0 Å². The van der Waals surface area contributed by atoms with Crippen LogP contribution in [-0.4, -0.2) is 29.2 Å². The van der Waals surface area contributed by atoms with Gasteiger partial charge in [0.1, 0.15) is 6.54 Å². The van der Waals surface area contributed by atoms with Crippen LogP contribution in [0.25, 0.3) is 0 Å². The molecule has 1 aromatic rings. The summed E-state index contributed by atoms with van der Waals surface area (Å²) in [6, 6.07) is 4.97. The summed E-state index contributed by atoms with van der Waals surface area (Å²) in [6.07, 6.45) is 0.592. The highest BCUT2D eigenvalue weighted by molar-refractivity contribution is 9.10. The zero-order chi connectivity index (χ0) is 15.6. The average molecular weight is 354 g/mol. The molecule has 1 fully saturated rings. The fraction of sp³-hybridized carbons (Fsp3) is 0.357. The van der Waals surface area contributed by atoms with E-state index < -0.39 is 5.91 Å². The van der Waals surface area contributed by atoms with E-state index in [1.807, 2.05) is 6.92 Å². The summed E-state index contributed by atoms with van der Waals surface area (Å²) in [6.45, 7) is 1.58. The van der Waals surface area contributed by atoms with E-state index in [4.69, 9.17) is 5.73 Å². The van der Waals surface area contributed by atoms with E-state index in [-0.39, 0.29) is 24.3 Å². The minimum Gasteiger partial charge on any atom is -0.399 e. The third kappa shape index (κ3) is 3.81. The molecule has 0 bridgehead atoms. The van der Waals surface area contributed by atoms with Crippen molar-refractivity contribution in [2.24, 2.45) is 5.92 Å². The maximum atomic E-state index is 12.0. The van der Waals surface area contributed by atoms with Crippen molar-refractivity contribution in [2.45, 2.75) is 19.8 Å². The van der Waals surface area contributed by atoms with Crippen LogP contribution in [0.1, 0.15) is 19.8 Å². The Morgan fingerprint density at radius 3 is 2.57 bits per heavy atom. The van der Waals surface area contributed by atoms with Crippen LogP contribution in [0.5, 0.6) is 0 Å². The van der Waals surface area contributed by atoms with Crippen LogP contribution in [0.4, 0.5) is 11.4 Å². The monoisotopic (exact) mass is 353 g/mol. The van der Waals surface area contributed by atoms with Crippen LogP contribution in [-0.2, 0) is 14.4 Å². The van der Waals surface area contributed by atoms with Gasteiger partial charge in [0.15, 0.2) is 0 Å². The number of nitrogen functional groups attached to an aromatic ring is 1. The number of nitrogens with one attached hydrogen (secondary N) is 1. The fourth-order valence-electron chi connectivity index (χ4n) is 2.17. The molecule has 0 aliphatic carbocycles. The molecular formula is C14H16BrN3O3. The molecule has 1 heterocycles. The van der Waals surface area contributed by atoms with Gasteiger partial charge >= 0.3 is 0 Å². The van der Waals surface area contributed by atoms with E-state index in [0.717, 1.165) is 4.90 Å². The van der Waals surface area contributed by atoms with Crippen molar-refractivity contribution >= 4 is 45.0 Å². The number of rotatable bonds is 3. The SMILES string of the molecule is CC1CC(=O)N(CC(=O)Nc2ccc(N)cc2Br)C(=O)C1. The summed E-state index contributed by atoms with van der Waals surface area (Å²) in [5.41, 5.74) is 6.72. The van der Waals surface area contributed by atoms with Crippen molar-refractivity contribution in [1.82, 2.24) is 4.90 Å². The van der Waals surface area contributed by atoms with Crippen LogP contribution in [0.2, 0.25) is 0 Å². The molecule has 6 nitrogen and oxygen atoms in total. The van der Waals surface area contributed by atoms with E-state index in [2.05, 4.69) is 21.2 Å². The van der Waals surface area contributed by atoms with Gasteiger partial charge in [-0.25, -0.2) is 0 Å². The molecule has 3 amide bonds.